The second-order valence-electron chi connectivity index (χ2n) is 6.12. The number of hydrogen-bond acceptors (Lipinski definition) is 4. The third kappa shape index (κ3) is 2.96. The van der Waals surface area contributed by atoms with E-state index in [2.05, 4.69) is 31.8 Å². The van der Waals surface area contributed by atoms with Crippen LogP contribution >= 0.6 is 0 Å². The molecule has 1 unspecified atom stereocenters. The monoisotopic (exact) mass is 320 g/mol. The molecule has 0 saturated heterocycles. The number of β-amino-alcohol motifs (C(OH)–C–C–N with tert-alkyl or cyclic N) is 1. The summed E-state index contributed by atoms with van der Waals surface area (Å²) in [4.78, 5) is 2.23. The molecule has 1 N–H and O–H groups in total. The minimum Gasteiger partial charge on any atom is -0.387 e. The van der Waals surface area contributed by atoms with Crippen molar-refractivity contribution in [1.29, 1.82) is 0 Å². The molecule has 0 bridgehead atoms. The zero-order valence-electron chi connectivity index (χ0n) is 13.4. The Morgan fingerprint density at radius 3 is 2.38 bits per heavy atom. The van der Waals surface area contributed by atoms with Crippen LogP contribution in [0.4, 0.5) is 0 Å². The fraction of sp³-hybridized carbons (Fsp3) is 0.263. The van der Waals surface area contributed by atoms with Gasteiger partial charge in [0, 0.05) is 25.2 Å². The number of rotatable bonds is 4. The third-order valence-electron chi connectivity index (χ3n) is 4.48. The van der Waals surface area contributed by atoms with Crippen LogP contribution in [-0.2, 0) is 13.1 Å². The first-order valence-electron chi connectivity index (χ1n) is 8.24. The lowest BCUT2D eigenvalue weighted by Crippen LogP contribution is -2.36. The second-order valence-corrected chi connectivity index (χ2v) is 6.12. The van der Waals surface area contributed by atoms with E-state index in [9.17, 15) is 5.11 Å². The van der Waals surface area contributed by atoms with Crippen LogP contribution in [0.2, 0.25) is 0 Å². The van der Waals surface area contributed by atoms with Crippen molar-refractivity contribution in [1.82, 2.24) is 19.7 Å². The number of aromatic nitrogens is 3. The molecule has 1 atom stereocenters. The minimum absolute atomic E-state index is 0.478. The molecule has 3 aromatic rings. The van der Waals surface area contributed by atoms with E-state index >= 15 is 0 Å². The van der Waals surface area contributed by atoms with E-state index in [1.807, 2.05) is 48.5 Å². The Bertz CT molecular complexity index is 801. The number of hydrogen-bond donors (Lipinski definition) is 1. The summed E-state index contributed by atoms with van der Waals surface area (Å²) in [5, 5.41) is 19.1. The Labute approximate surface area is 141 Å². The Morgan fingerprint density at radius 1 is 0.917 bits per heavy atom. The molecule has 0 aliphatic carbocycles. The fourth-order valence-corrected chi connectivity index (χ4v) is 3.19. The molecule has 1 aliphatic rings. The Kier molecular flexibility index (Phi) is 4.11. The number of nitrogens with zero attached hydrogens (tertiary/aromatic N) is 4. The number of aliphatic hydroxyl groups is 1. The molecule has 0 radical (unpaired) electrons. The quantitative estimate of drug-likeness (QED) is 0.802. The van der Waals surface area contributed by atoms with Crippen molar-refractivity contribution in [2.45, 2.75) is 19.2 Å². The van der Waals surface area contributed by atoms with E-state index in [0.717, 1.165) is 35.9 Å². The van der Waals surface area contributed by atoms with E-state index in [-0.39, 0.29) is 0 Å². The van der Waals surface area contributed by atoms with Gasteiger partial charge in [0.1, 0.15) is 5.82 Å². The highest BCUT2D eigenvalue weighted by atomic mass is 16.3. The van der Waals surface area contributed by atoms with Crippen molar-refractivity contribution in [3.8, 4) is 11.4 Å². The van der Waals surface area contributed by atoms with Gasteiger partial charge in [-0.25, -0.2) is 0 Å². The predicted octanol–water partition coefficient (Wildman–Crippen LogP) is 2.49. The SMILES string of the molecule is OC(CN1CCn2c(nnc2-c2ccccc2)C1)c1ccccc1. The van der Waals surface area contributed by atoms with E-state index in [1.165, 1.54) is 0 Å². The van der Waals surface area contributed by atoms with Crippen molar-refractivity contribution in [3.05, 3.63) is 72.1 Å². The van der Waals surface area contributed by atoms with E-state index < -0.39 is 6.10 Å². The summed E-state index contributed by atoms with van der Waals surface area (Å²) in [5.41, 5.74) is 2.04. The van der Waals surface area contributed by atoms with Gasteiger partial charge in [0.2, 0.25) is 0 Å². The summed E-state index contributed by atoms with van der Waals surface area (Å²) in [5.74, 6) is 1.88. The van der Waals surface area contributed by atoms with E-state index in [0.29, 0.717) is 13.1 Å². The molecule has 122 valence electrons. The first-order valence-corrected chi connectivity index (χ1v) is 8.24. The standard InChI is InChI=1S/C19H20N4O/c24-17(15-7-3-1-4-8-15)13-22-11-12-23-18(14-22)20-21-19(23)16-9-5-2-6-10-16/h1-10,17,24H,11-14H2. The van der Waals surface area contributed by atoms with Gasteiger partial charge in [0.25, 0.3) is 0 Å². The lowest BCUT2D eigenvalue weighted by atomic mass is 10.1. The first kappa shape index (κ1) is 15.1. The van der Waals surface area contributed by atoms with Gasteiger partial charge in [-0.3, -0.25) is 4.90 Å². The van der Waals surface area contributed by atoms with Crippen LogP contribution in [-0.4, -0.2) is 37.9 Å². The third-order valence-corrected chi connectivity index (χ3v) is 4.48. The molecule has 2 heterocycles. The number of fused-ring (bicyclic) bond motifs is 1. The van der Waals surface area contributed by atoms with Crippen molar-refractivity contribution >= 4 is 0 Å². The minimum atomic E-state index is -0.478. The van der Waals surface area contributed by atoms with E-state index in [1.54, 1.807) is 0 Å². The van der Waals surface area contributed by atoms with Gasteiger partial charge in [-0.15, -0.1) is 10.2 Å². The van der Waals surface area contributed by atoms with Gasteiger partial charge in [-0.05, 0) is 5.56 Å². The van der Waals surface area contributed by atoms with Gasteiger partial charge in [-0.1, -0.05) is 60.7 Å². The average Bonchev–Trinajstić information content (AvgIpc) is 3.06. The van der Waals surface area contributed by atoms with Gasteiger partial charge >= 0.3 is 0 Å². The maximum Gasteiger partial charge on any atom is 0.164 e. The molecule has 0 spiro atoms. The summed E-state index contributed by atoms with van der Waals surface area (Å²) in [6.45, 7) is 3.05. The van der Waals surface area contributed by atoms with Crippen molar-refractivity contribution in [2.24, 2.45) is 0 Å². The number of aliphatic hydroxyl groups excluding tert-OH is 1. The van der Waals surface area contributed by atoms with Crippen LogP contribution in [0.1, 0.15) is 17.5 Å². The molecule has 0 saturated carbocycles. The van der Waals surface area contributed by atoms with Crippen molar-refractivity contribution in [2.75, 3.05) is 13.1 Å². The molecular formula is C19H20N4O. The molecule has 24 heavy (non-hydrogen) atoms. The lowest BCUT2D eigenvalue weighted by molar-refractivity contribution is 0.0964. The zero-order chi connectivity index (χ0) is 16.4. The highest BCUT2D eigenvalue weighted by Gasteiger charge is 2.23. The topological polar surface area (TPSA) is 54.2 Å². The smallest absolute Gasteiger partial charge is 0.164 e. The summed E-state index contributed by atoms with van der Waals surface area (Å²) < 4.78 is 2.18. The fourth-order valence-electron chi connectivity index (χ4n) is 3.19. The van der Waals surface area contributed by atoms with Crippen LogP contribution in [0, 0.1) is 0 Å². The molecule has 1 aromatic heterocycles. The predicted molar refractivity (Wildman–Crippen MR) is 92.1 cm³/mol. The number of benzene rings is 2. The van der Waals surface area contributed by atoms with Crippen LogP contribution in [0.5, 0.6) is 0 Å². The molecular weight excluding hydrogens is 300 g/mol. The van der Waals surface area contributed by atoms with Crippen LogP contribution in [0.25, 0.3) is 11.4 Å². The Morgan fingerprint density at radius 2 is 1.62 bits per heavy atom. The molecule has 2 aromatic carbocycles. The summed E-state index contributed by atoms with van der Waals surface area (Å²) >= 11 is 0. The molecule has 5 heteroatoms. The molecule has 5 nitrogen and oxygen atoms in total. The highest BCUT2D eigenvalue weighted by Crippen LogP contribution is 2.23. The normalized spacial score (nSPS) is 15.9. The summed E-state index contributed by atoms with van der Waals surface area (Å²) in [6.07, 6.45) is -0.478. The molecule has 4 rings (SSSR count). The first-order chi connectivity index (χ1) is 11.8. The zero-order valence-corrected chi connectivity index (χ0v) is 13.4. The largest absolute Gasteiger partial charge is 0.387 e. The van der Waals surface area contributed by atoms with Crippen LogP contribution in [0.3, 0.4) is 0 Å². The lowest BCUT2D eigenvalue weighted by Gasteiger charge is -2.29. The van der Waals surface area contributed by atoms with Crippen molar-refractivity contribution < 1.29 is 5.11 Å². The van der Waals surface area contributed by atoms with Crippen molar-refractivity contribution in [3.63, 3.8) is 0 Å². The molecule has 1 aliphatic heterocycles. The maximum atomic E-state index is 10.4. The Balaban J connectivity index is 1.48. The summed E-state index contributed by atoms with van der Waals surface area (Å²) in [7, 11) is 0. The highest BCUT2D eigenvalue weighted by molar-refractivity contribution is 5.55. The van der Waals surface area contributed by atoms with Crippen LogP contribution in [0.15, 0.2) is 60.7 Å². The van der Waals surface area contributed by atoms with E-state index in [4.69, 9.17) is 0 Å². The second kappa shape index (κ2) is 6.55. The van der Waals surface area contributed by atoms with Gasteiger partial charge in [-0.2, -0.15) is 0 Å². The van der Waals surface area contributed by atoms with Gasteiger partial charge in [0.05, 0.1) is 12.6 Å². The van der Waals surface area contributed by atoms with Gasteiger partial charge in [0.15, 0.2) is 5.82 Å². The average molecular weight is 320 g/mol. The maximum absolute atomic E-state index is 10.4. The van der Waals surface area contributed by atoms with Gasteiger partial charge < -0.3 is 9.67 Å². The Hall–Kier alpha value is -2.50. The molecule has 0 fully saturated rings. The van der Waals surface area contributed by atoms with Crippen LogP contribution < -0.4 is 0 Å². The summed E-state index contributed by atoms with van der Waals surface area (Å²) in [6, 6.07) is 20.0. The molecule has 0 amide bonds.